The van der Waals surface area contributed by atoms with Crippen LogP contribution in [0.4, 0.5) is 0 Å². The maximum atomic E-state index is 4.26. The molecular formula is C17H16N2S. The molecule has 0 amide bonds. The van der Waals surface area contributed by atoms with E-state index in [-0.39, 0.29) is 0 Å². The first kappa shape index (κ1) is 12.9. The van der Waals surface area contributed by atoms with Gasteiger partial charge in [0.2, 0.25) is 0 Å². The third-order valence-corrected chi connectivity index (χ3v) is 4.41. The van der Waals surface area contributed by atoms with E-state index in [2.05, 4.69) is 70.5 Å². The van der Waals surface area contributed by atoms with Crippen molar-refractivity contribution in [2.24, 2.45) is 12.0 Å². The largest absolute Gasteiger partial charge is 0.320 e. The Morgan fingerprint density at radius 3 is 2.05 bits per heavy atom. The third kappa shape index (κ3) is 2.32. The minimum absolute atomic E-state index is 1.03. The van der Waals surface area contributed by atoms with E-state index in [0.29, 0.717) is 0 Å². The molecule has 0 saturated carbocycles. The average molecular weight is 280 g/mol. The molecule has 20 heavy (non-hydrogen) atoms. The molecule has 1 heterocycles. The van der Waals surface area contributed by atoms with E-state index in [0.717, 1.165) is 4.80 Å². The van der Waals surface area contributed by atoms with Gasteiger partial charge in [0.15, 0.2) is 4.80 Å². The minimum atomic E-state index is 1.03. The molecule has 0 saturated heterocycles. The van der Waals surface area contributed by atoms with Crippen LogP contribution in [0.5, 0.6) is 0 Å². The maximum Gasteiger partial charge on any atom is 0.184 e. The van der Waals surface area contributed by atoms with Crippen molar-refractivity contribution in [1.82, 2.24) is 4.57 Å². The summed E-state index contributed by atoms with van der Waals surface area (Å²) in [6.07, 6.45) is 0. The van der Waals surface area contributed by atoms with Crippen molar-refractivity contribution in [2.45, 2.75) is 0 Å². The summed E-state index contributed by atoms with van der Waals surface area (Å²) in [6.45, 7) is 0. The highest BCUT2D eigenvalue weighted by molar-refractivity contribution is 7.07. The molecule has 0 atom stereocenters. The molecule has 0 radical (unpaired) electrons. The summed E-state index contributed by atoms with van der Waals surface area (Å²) in [5.41, 5.74) is 4.92. The van der Waals surface area contributed by atoms with Gasteiger partial charge in [0.1, 0.15) is 0 Å². The summed E-state index contributed by atoms with van der Waals surface area (Å²) < 4.78 is 2.13. The first-order chi connectivity index (χ1) is 9.79. The van der Waals surface area contributed by atoms with Crippen molar-refractivity contribution in [2.75, 3.05) is 7.05 Å². The number of rotatable bonds is 2. The van der Waals surface area contributed by atoms with E-state index in [9.17, 15) is 0 Å². The highest BCUT2D eigenvalue weighted by Crippen LogP contribution is 2.24. The Hall–Kier alpha value is -2.13. The van der Waals surface area contributed by atoms with Gasteiger partial charge >= 0.3 is 0 Å². The Morgan fingerprint density at radius 1 is 0.850 bits per heavy atom. The second kappa shape index (κ2) is 5.47. The zero-order valence-corrected chi connectivity index (χ0v) is 12.4. The van der Waals surface area contributed by atoms with Gasteiger partial charge in [-0.2, -0.15) is 0 Å². The topological polar surface area (TPSA) is 17.3 Å². The van der Waals surface area contributed by atoms with Gasteiger partial charge in [-0.25, -0.2) is 0 Å². The molecule has 0 aliphatic carbocycles. The lowest BCUT2D eigenvalue weighted by Crippen LogP contribution is -2.10. The third-order valence-electron chi connectivity index (χ3n) is 3.40. The molecule has 0 bridgehead atoms. The predicted molar refractivity (Wildman–Crippen MR) is 85.6 cm³/mol. The molecule has 0 aliphatic heterocycles. The maximum absolute atomic E-state index is 4.26. The molecule has 0 aliphatic rings. The minimum Gasteiger partial charge on any atom is -0.320 e. The van der Waals surface area contributed by atoms with E-state index < -0.39 is 0 Å². The van der Waals surface area contributed by atoms with E-state index in [1.54, 1.807) is 11.3 Å². The summed E-state index contributed by atoms with van der Waals surface area (Å²) in [5, 5.41) is 2.15. The lowest BCUT2D eigenvalue weighted by Gasteiger charge is -2.05. The van der Waals surface area contributed by atoms with Crippen molar-refractivity contribution in [3.63, 3.8) is 0 Å². The molecule has 0 unspecified atom stereocenters. The van der Waals surface area contributed by atoms with Crippen LogP contribution < -0.4 is 4.80 Å². The lowest BCUT2D eigenvalue weighted by molar-refractivity contribution is 0.876. The van der Waals surface area contributed by atoms with Gasteiger partial charge in [-0.15, -0.1) is 11.3 Å². The molecule has 2 aromatic carbocycles. The lowest BCUT2D eigenvalue weighted by atomic mass is 10.0. The van der Waals surface area contributed by atoms with Crippen molar-refractivity contribution in [3.8, 4) is 22.4 Å². The van der Waals surface area contributed by atoms with Gasteiger partial charge in [0.25, 0.3) is 0 Å². The van der Waals surface area contributed by atoms with Crippen molar-refractivity contribution >= 4 is 11.3 Å². The van der Waals surface area contributed by atoms with Gasteiger partial charge in [-0.3, -0.25) is 4.99 Å². The van der Waals surface area contributed by atoms with Crippen LogP contribution in [0.25, 0.3) is 22.4 Å². The van der Waals surface area contributed by atoms with Crippen LogP contribution in [0.15, 0.2) is 65.0 Å². The van der Waals surface area contributed by atoms with E-state index >= 15 is 0 Å². The summed E-state index contributed by atoms with van der Waals surface area (Å²) in [4.78, 5) is 5.30. The fourth-order valence-corrected chi connectivity index (χ4v) is 3.17. The van der Waals surface area contributed by atoms with Crippen LogP contribution in [0.3, 0.4) is 0 Å². The molecular weight excluding hydrogens is 264 g/mol. The molecule has 3 heteroatoms. The number of hydrogen-bond acceptors (Lipinski definition) is 2. The fourth-order valence-electron chi connectivity index (χ4n) is 2.30. The van der Waals surface area contributed by atoms with Gasteiger partial charge in [-0.05, 0) is 16.7 Å². The second-order valence-electron chi connectivity index (χ2n) is 4.63. The Bertz CT molecular complexity index is 765. The number of nitrogens with zero attached hydrogens (tertiary/aromatic N) is 2. The van der Waals surface area contributed by atoms with Crippen LogP contribution in [-0.2, 0) is 7.05 Å². The van der Waals surface area contributed by atoms with Crippen molar-refractivity contribution < 1.29 is 0 Å². The van der Waals surface area contributed by atoms with E-state index in [1.807, 2.05) is 13.1 Å². The average Bonchev–Trinajstić information content (AvgIpc) is 2.89. The summed E-state index contributed by atoms with van der Waals surface area (Å²) in [5.74, 6) is 0. The molecule has 0 N–H and O–H groups in total. The molecule has 0 fully saturated rings. The van der Waals surface area contributed by atoms with Gasteiger partial charge in [0, 0.05) is 19.5 Å². The molecule has 3 rings (SSSR count). The van der Waals surface area contributed by atoms with Crippen LogP contribution in [0.1, 0.15) is 0 Å². The number of aromatic nitrogens is 1. The Kier molecular flexibility index (Phi) is 3.52. The standard InChI is InChI=1S/C17H16N2S/c1-18-17-19(2)16(12-20-17)15-10-8-14(9-11-15)13-6-4-3-5-7-13/h3-12H,1-2H3. The van der Waals surface area contributed by atoms with Crippen LogP contribution in [-0.4, -0.2) is 11.6 Å². The Labute approximate surface area is 122 Å². The highest BCUT2D eigenvalue weighted by atomic mass is 32.1. The van der Waals surface area contributed by atoms with Crippen molar-refractivity contribution in [3.05, 3.63) is 64.8 Å². The van der Waals surface area contributed by atoms with Crippen molar-refractivity contribution in [1.29, 1.82) is 0 Å². The number of thiazole rings is 1. The molecule has 3 aromatic rings. The zero-order valence-electron chi connectivity index (χ0n) is 11.6. The van der Waals surface area contributed by atoms with Crippen LogP contribution in [0, 0.1) is 0 Å². The van der Waals surface area contributed by atoms with Gasteiger partial charge in [-0.1, -0.05) is 54.6 Å². The summed E-state index contributed by atoms with van der Waals surface area (Å²) >= 11 is 1.67. The van der Waals surface area contributed by atoms with E-state index in [1.165, 1.54) is 22.4 Å². The zero-order chi connectivity index (χ0) is 13.9. The quantitative estimate of drug-likeness (QED) is 0.676. The highest BCUT2D eigenvalue weighted by Gasteiger charge is 2.04. The summed E-state index contributed by atoms with van der Waals surface area (Å²) in [7, 11) is 3.88. The monoisotopic (exact) mass is 280 g/mol. The number of benzene rings is 2. The summed E-state index contributed by atoms with van der Waals surface area (Å²) in [6, 6.07) is 19.1. The van der Waals surface area contributed by atoms with Gasteiger partial charge < -0.3 is 4.57 Å². The fraction of sp³-hybridized carbons (Fsp3) is 0.118. The Morgan fingerprint density at radius 2 is 1.45 bits per heavy atom. The molecule has 0 spiro atoms. The van der Waals surface area contributed by atoms with Gasteiger partial charge in [0.05, 0.1) is 5.69 Å². The SMILES string of the molecule is CN=c1scc(-c2ccc(-c3ccccc3)cc2)n1C. The first-order valence-corrected chi connectivity index (χ1v) is 7.41. The number of hydrogen-bond donors (Lipinski definition) is 0. The Balaban J connectivity index is 2.00. The molecule has 2 nitrogen and oxygen atoms in total. The van der Waals surface area contributed by atoms with E-state index in [4.69, 9.17) is 0 Å². The van der Waals surface area contributed by atoms with Crippen LogP contribution in [0.2, 0.25) is 0 Å². The molecule has 1 aromatic heterocycles. The normalized spacial score (nSPS) is 11.8. The second-order valence-corrected chi connectivity index (χ2v) is 5.47. The molecule has 100 valence electrons. The smallest absolute Gasteiger partial charge is 0.184 e. The predicted octanol–water partition coefficient (Wildman–Crippen LogP) is 3.95. The first-order valence-electron chi connectivity index (χ1n) is 6.53. The van der Waals surface area contributed by atoms with Crippen LogP contribution >= 0.6 is 11.3 Å².